The van der Waals surface area contributed by atoms with Crippen molar-refractivity contribution < 1.29 is 19.4 Å². The summed E-state index contributed by atoms with van der Waals surface area (Å²) in [6, 6.07) is 16.6. The largest absolute Gasteiger partial charge is 0.506 e. The van der Waals surface area contributed by atoms with Crippen molar-refractivity contribution in [3.8, 4) is 5.75 Å². The van der Waals surface area contributed by atoms with Gasteiger partial charge in [0.15, 0.2) is 0 Å². The second-order valence-electron chi connectivity index (χ2n) is 5.35. The van der Waals surface area contributed by atoms with Crippen molar-refractivity contribution in [2.75, 3.05) is 14.2 Å². The Morgan fingerprint density at radius 3 is 2.38 bits per heavy atom. The van der Waals surface area contributed by atoms with E-state index < -0.39 is 5.97 Å². The van der Waals surface area contributed by atoms with Gasteiger partial charge in [0.1, 0.15) is 22.1 Å². The van der Waals surface area contributed by atoms with E-state index in [0.717, 1.165) is 11.3 Å². The number of para-hydroxylation sites is 1. The summed E-state index contributed by atoms with van der Waals surface area (Å²) in [6.07, 6.45) is 1.79. The zero-order chi connectivity index (χ0) is 18.5. The predicted molar refractivity (Wildman–Crippen MR) is 104 cm³/mol. The summed E-state index contributed by atoms with van der Waals surface area (Å²) >= 11 is 1.23. The number of aliphatic imine (C=N–C) groups is 1. The van der Waals surface area contributed by atoms with Crippen molar-refractivity contribution in [2.24, 2.45) is 4.99 Å². The topological polar surface area (TPSA) is 68.1 Å². The number of methoxy groups -OCH3 is 2. The number of carbonyl (C=O) groups is 1. The molecule has 6 heteroatoms. The number of benzene rings is 2. The third-order valence-corrected chi connectivity index (χ3v) is 4.70. The van der Waals surface area contributed by atoms with Crippen molar-refractivity contribution in [1.29, 1.82) is 0 Å². The van der Waals surface area contributed by atoms with Gasteiger partial charge < -0.3 is 14.6 Å². The maximum atomic E-state index is 12.1. The van der Waals surface area contributed by atoms with Gasteiger partial charge >= 0.3 is 5.97 Å². The van der Waals surface area contributed by atoms with Crippen LogP contribution in [0, 0.1) is 0 Å². The third-order valence-electron chi connectivity index (χ3n) is 3.68. The molecule has 2 aromatic carbocycles. The molecule has 2 aromatic rings. The zero-order valence-electron chi connectivity index (χ0n) is 14.3. The lowest BCUT2D eigenvalue weighted by Gasteiger charge is -2.01. The second kappa shape index (κ2) is 7.93. The normalized spacial score (nSPS) is 17.0. The molecule has 0 fully saturated rings. The molecule has 1 N–H and O–H groups in total. The molecule has 0 spiro atoms. The van der Waals surface area contributed by atoms with Crippen LogP contribution in [0.5, 0.6) is 5.75 Å². The highest BCUT2D eigenvalue weighted by Crippen LogP contribution is 2.40. The zero-order valence-corrected chi connectivity index (χ0v) is 15.1. The fraction of sp³-hybridized carbons (Fsp3) is 0.100. The lowest BCUT2D eigenvalue weighted by atomic mass is 10.1. The smallest absolute Gasteiger partial charge is 0.344 e. The first-order valence-corrected chi connectivity index (χ1v) is 8.63. The number of hydrogen-bond donors (Lipinski definition) is 1. The molecule has 0 aromatic heterocycles. The van der Waals surface area contributed by atoms with E-state index in [2.05, 4.69) is 4.99 Å². The highest BCUT2D eigenvalue weighted by atomic mass is 32.2. The highest BCUT2D eigenvalue weighted by molar-refractivity contribution is 8.18. The van der Waals surface area contributed by atoms with Gasteiger partial charge in [-0.2, -0.15) is 0 Å². The molecule has 0 saturated carbocycles. The fourth-order valence-corrected chi connectivity index (χ4v) is 3.40. The van der Waals surface area contributed by atoms with E-state index in [-0.39, 0.29) is 11.3 Å². The van der Waals surface area contributed by atoms with E-state index in [0.29, 0.717) is 15.6 Å². The standard InChI is InChI=1S/C20H17NO4S/c1-24-15-10-8-13(9-11-15)12-16-18(22)17(20(23)25-2)19(26-16)21-14-6-4-3-5-7-14/h3-12,22H,1-2H3. The molecular weight excluding hydrogens is 350 g/mol. The third kappa shape index (κ3) is 3.81. The quantitative estimate of drug-likeness (QED) is 0.806. The number of thioether (sulfide) groups is 1. The lowest BCUT2D eigenvalue weighted by Crippen LogP contribution is -2.10. The molecule has 0 atom stereocenters. The molecule has 1 heterocycles. The van der Waals surface area contributed by atoms with Gasteiger partial charge in [0.2, 0.25) is 0 Å². The lowest BCUT2D eigenvalue weighted by molar-refractivity contribution is -0.135. The number of hydrogen-bond acceptors (Lipinski definition) is 6. The number of ether oxygens (including phenoxy) is 2. The van der Waals surface area contributed by atoms with Crippen LogP contribution in [-0.2, 0) is 9.53 Å². The minimum atomic E-state index is -0.622. The van der Waals surface area contributed by atoms with Gasteiger partial charge in [0.25, 0.3) is 0 Å². The van der Waals surface area contributed by atoms with Crippen LogP contribution in [-0.4, -0.2) is 30.3 Å². The SMILES string of the molecule is COC(=O)C1=C(O)C(=Cc2ccc(OC)cc2)SC1=Nc1ccccc1. The molecule has 3 rings (SSSR count). The molecule has 0 bridgehead atoms. The van der Waals surface area contributed by atoms with Gasteiger partial charge in [-0.15, -0.1) is 0 Å². The summed E-state index contributed by atoms with van der Waals surface area (Å²) in [5.74, 6) is -0.0114. The Labute approximate surface area is 155 Å². The fourth-order valence-electron chi connectivity index (χ4n) is 2.36. The van der Waals surface area contributed by atoms with Gasteiger partial charge in [-0.25, -0.2) is 9.79 Å². The monoisotopic (exact) mass is 367 g/mol. The molecule has 26 heavy (non-hydrogen) atoms. The number of aliphatic hydroxyl groups is 1. The summed E-state index contributed by atoms with van der Waals surface area (Å²) in [4.78, 5) is 17.1. The average Bonchev–Trinajstić information content (AvgIpc) is 2.97. The summed E-state index contributed by atoms with van der Waals surface area (Å²) < 4.78 is 9.95. The highest BCUT2D eigenvalue weighted by Gasteiger charge is 2.32. The number of nitrogens with zero attached hydrogens (tertiary/aromatic N) is 1. The average molecular weight is 367 g/mol. The van der Waals surface area contributed by atoms with Crippen LogP contribution in [0.25, 0.3) is 6.08 Å². The van der Waals surface area contributed by atoms with E-state index in [1.54, 1.807) is 13.2 Å². The van der Waals surface area contributed by atoms with Crippen molar-refractivity contribution in [3.05, 3.63) is 76.4 Å². The Hall–Kier alpha value is -2.99. The molecule has 1 aliphatic rings. The predicted octanol–water partition coefficient (Wildman–Crippen LogP) is 4.50. The first kappa shape index (κ1) is 17.8. The van der Waals surface area contributed by atoms with Crippen LogP contribution >= 0.6 is 11.8 Å². The van der Waals surface area contributed by atoms with Crippen molar-refractivity contribution in [1.82, 2.24) is 0 Å². The minimum Gasteiger partial charge on any atom is -0.506 e. The van der Waals surface area contributed by atoms with Crippen LogP contribution < -0.4 is 4.74 Å². The van der Waals surface area contributed by atoms with E-state index in [4.69, 9.17) is 9.47 Å². The van der Waals surface area contributed by atoms with Crippen molar-refractivity contribution in [3.63, 3.8) is 0 Å². The molecule has 5 nitrogen and oxygen atoms in total. The molecule has 0 saturated heterocycles. The number of esters is 1. The number of aliphatic hydroxyl groups excluding tert-OH is 1. The Bertz CT molecular complexity index is 899. The van der Waals surface area contributed by atoms with Crippen molar-refractivity contribution in [2.45, 2.75) is 0 Å². The summed E-state index contributed by atoms with van der Waals surface area (Å²) in [5, 5.41) is 10.9. The van der Waals surface area contributed by atoms with Gasteiger partial charge in [-0.3, -0.25) is 0 Å². The van der Waals surface area contributed by atoms with Gasteiger partial charge in [-0.05, 0) is 35.9 Å². The number of carbonyl (C=O) groups excluding carboxylic acids is 1. The maximum Gasteiger partial charge on any atom is 0.344 e. The maximum absolute atomic E-state index is 12.1. The molecule has 0 radical (unpaired) electrons. The number of rotatable bonds is 4. The van der Waals surface area contributed by atoms with E-state index in [1.165, 1.54) is 18.9 Å². The molecule has 1 aliphatic heterocycles. The van der Waals surface area contributed by atoms with Crippen molar-refractivity contribution >= 4 is 34.5 Å². The first-order valence-electron chi connectivity index (χ1n) is 7.82. The van der Waals surface area contributed by atoms with Gasteiger partial charge in [0.05, 0.1) is 24.8 Å². The molecular formula is C20H17NO4S. The Morgan fingerprint density at radius 2 is 1.77 bits per heavy atom. The Kier molecular flexibility index (Phi) is 5.43. The Balaban J connectivity index is 2.00. The van der Waals surface area contributed by atoms with Gasteiger partial charge in [-0.1, -0.05) is 42.1 Å². The molecule has 132 valence electrons. The summed E-state index contributed by atoms with van der Waals surface area (Å²) in [7, 11) is 2.88. The van der Waals surface area contributed by atoms with Gasteiger partial charge in [0, 0.05) is 0 Å². The first-order chi connectivity index (χ1) is 12.6. The summed E-state index contributed by atoms with van der Waals surface area (Å²) in [6.45, 7) is 0. The van der Waals surface area contributed by atoms with Crippen LogP contribution in [0.15, 0.2) is 75.8 Å². The van der Waals surface area contributed by atoms with E-state index in [9.17, 15) is 9.90 Å². The van der Waals surface area contributed by atoms with Crippen LogP contribution in [0.2, 0.25) is 0 Å². The molecule has 0 unspecified atom stereocenters. The Morgan fingerprint density at radius 1 is 1.08 bits per heavy atom. The summed E-state index contributed by atoms with van der Waals surface area (Å²) in [5.41, 5.74) is 1.63. The van der Waals surface area contributed by atoms with Crippen LogP contribution in [0.3, 0.4) is 0 Å². The minimum absolute atomic E-state index is 0.0705. The van der Waals surface area contributed by atoms with Crippen LogP contribution in [0.1, 0.15) is 5.56 Å². The second-order valence-corrected chi connectivity index (χ2v) is 6.38. The van der Waals surface area contributed by atoms with Crippen LogP contribution in [0.4, 0.5) is 5.69 Å². The molecule has 0 aliphatic carbocycles. The molecule has 0 amide bonds. The van der Waals surface area contributed by atoms with E-state index in [1.807, 2.05) is 54.6 Å². The van der Waals surface area contributed by atoms with E-state index >= 15 is 0 Å².